The molecule has 0 aromatic carbocycles. The number of nitrogens with one attached hydrogen (secondary N) is 2. The van der Waals surface area contributed by atoms with E-state index in [1.165, 1.54) is 41.8 Å². The number of amides is 3. The minimum atomic E-state index is -1.50. The highest BCUT2D eigenvalue weighted by atomic mass is 35.5. The van der Waals surface area contributed by atoms with Crippen LogP contribution >= 0.6 is 58.8 Å². The molecule has 2 N–H and O–H groups in total. The number of hydrogen-bond donors (Lipinski definition) is 2. The van der Waals surface area contributed by atoms with Crippen LogP contribution in [0.25, 0.3) is 11.3 Å². The van der Waals surface area contributed by atoms with Gasteiger partial charge in [-0.2, -0.15) is 9.36 Å². The van der Waals surface area contributed by atoms with Crippen LogP contribution in [0.2, 0.25) is 0 Å². The first-order valence-electron chi connectivity index (χ1n) is 12.3. The zero-order chi connectivity index (χ0) is 30.0. The van der Waals surface area contributed by atoms with E-state index in [4.69, 9.17) is 4.84 Å². The molecular formula is C24H23ClN8O6S4. The number of hydrogen-bond acceptors (Lipinski definition) is 14. The number of thioether (sulfide) groups is 2. The highest BCUT2D eigenvalue weighted by molar-refractivity contribution is 8.07. The summed E-state index contributed by atoms with van der Waals surface area (Å²) in [5.41, 5.74) is 1.14. The third-order valence-corrected chi connectivity index (χ3v) is 9.92. The van der Waals surface area contributed by atoms with Gasteiger partial charge < -0.3 is 25.4 Å². The third-order valence-electron chi connectivity index (χ3n) is 5.80. The molecule has 0 unspecified atom stereocenters. The van der Waals surface area contributed by atoms with Crippen molar-refractivity contribution in [2.45, 2.75) is 29.6 Å². The normalized spacial score (nSPS) is 17.9. The molecule has 5 heterocycles. The summed E-state index contributed by atoms with van der Waals surface area (Å²) in [4.78, 5) is 65.1. The number of thiazole rings is 1. The number of oxime groups is 1. The largest absolute Gasteiger partial charge is 0.543 e. The highest BCUT2D eigenvalue weighted by Crippen LogP contribution is 2.45. The van der Waals surface area contributed by atoms with Gasteiger partial charge in [0, 0.05) is 52.2 Å². The van der Waals surface area contributed by atoms with Gasteiger partial charge in [0.05, 0.1) is 17.4 Å². The number of carboxylic acid groups (broad SMARTS) is 1. The van der Waals surface area contributed by atoms with Gasteiger partial charge in [0.1, 0.15) is 25.1 Å². The summed E-state index contributed by atoms with van der Waals surface area (Å²) >= 11 is 4.69. The monoisotopic (exact) mass is 682 g/mol. The van der Waals surface area contributed by atoms with Gasteiger partial charge in [-0.1, -0.05) is 16.9 Å². The van der Waals surface area contributed by atoms with E-state index in [1.807, 2.05) is 41.5 Å². The first-order chi connectivity index (χ1) is 20.2. The molecule has 3 amide bonds. The number of aryl methyl sites for hydroxylation is 1. The fraction of sp³-hybridized carbons (Fsp3) is 0.292. The van der Waals surface area contributed by atoms with Crippen LogP contribution in [-0.2, 0) is 31.1 Å². The number of carbonyl (C=O) groups excluding carboxylic acids is 4. The molecule has 2 aliphatic heterocycles. The summed E-state index contributed by atoms with van der Waals surface area (Å²) in [6.45, 7) is 3.12. The van der Waals surface area contributed by atoms with Crippen molar-refractivity contribution in [2.24, 2.45) is 12.2 Å². The molecule has 43 heavy (non-hydrogen) atoms. The predicted octanol–water partition coefficient (Wildman–Crippen LogP) is 0.761. The lowest BCUT2D eigenvalue weighted by molar-refractivity contribution is -0.671. The summed E-state index contributed by atoms with van der Waals surface area (Å²) in [5.74, 6) is -3.11. The smallest absolute Gasteiger partial charge is 0.278 e. The number of rotatable bonds is 10. The number of anilines is 1. The minimum Gasteiger partial charge on any atom is -0.543 e. The number of halogens is 1. The van der Waals surface area contributed by atoms with Gasteiger partial charge in [-0.05, 0) is 6.92 Å². The number of fused-ring (bicyclic) bond motifs is 1. The molecule has 0 radical (unpaired) electrons. The molecule has 14 nitrogen and oxygen atoms in total. The van der Waals surface area contributed by atoms with Crippen LogP contribution < -0.4 is 20.3 Å². The van der Waals surface area contributed by atoms with Crippen LogP contribution in [0.4, 0.5) is 5.13 Å². The Balaban J connectivity index is 0.00000423. The van der Waals surface area contributed by atoms with E-state index in [0.29, 0.717) is 9.24 Å². The topological polar surface area (TPSA) is 183 Å². The van der Waals surface area contributed by atoms with Crippen LogP contribution in [0.1, 0.15) is 19.7 Å². The van der Waals surface area contributed by atoms with Gasteiger partial charge in [0.15, 0.2) is 16.7 Å². The Labute approximate surface area is 267 Å². The molecule has 19 heteroatoms. The molecule has 2 aliphatic rings. The second-order valence-corrected chi connectivity index (χ2v) is 12.8. The number of pyridine rings is 1. The van der Waals surface area contributed by atoms with Crippen molar-refractivity contribution in [3.63, 3.8) is 0 Å². The van der Waals surface area contributed by atoms with Crippen LogP contribution in [-0.4, -0.2) is 72.4 Å². The average Bonchev–Trinajstić information content (AvgIpc) is 3.61. The first kappa shape index (κ1) is 32.3. The Morgan fingerprint density at radius 2 is 2.02 bits per heavy atom. The van der Waals surface area contributed by atoms with E-state index in [2.05, 4.69) is 30.1 Å². The molecule has 3 aromatic rings. The summed E-state index contributed by atoms with van der Waals surface area (Å²) in [6.07, 6.45) is 3.81. The molecule has 226 valence electrons. The van der Waals surface area contributed by atoms with Crippen LogP contribution in [0.5, 0.6) is 0 Å². The number of aliphatic carboxylic acids is 1. The highest BCUT2D eigenvalue weighted by Gasteiger charge is 2.53. The van der Waals surface area contributed by atoms with Crippen molar-refractivity contribution < 1.29 is 33.7 Å². The van der Waals surface area contributed by atoms with Gasteiger partial charge in [0.2, 0.25) is 22.6 Å². The van der Waals surface area contributed by atoms with E-state index in [1.54, 1.807) is 6.92 Å². The maximum Gasteiger partial charge on any atom is 0.278 e. The fourth-order valence-electron chi connectivity index (χ4n) is 3.92. The van der Waals surface area contributed by atoms with Crippen molar-refractivity contribution in [1.29, 1.82) is 0 Å². The summed E-state index contributed by atoms with van der Waals surface area (Å²) in [5, 5.41) is 22.4. The van der Waals surface area contributed by atoms with Crippen molar-refractivity contribution in [3.05, 3.63) is 46.3 Å². The zero-order valence-electron chi connectivity index (χ0n) is 22.6. The Hall–Kier alpha value is -3.58. The molecule has 0 spiro atoms. The predicted molar refractivity (Wildman–Crippen MR) is 161 cm³/mol. The van der Waals surface area contributed by atoms with E-state index in [-0.39, 0.29) is 53.0 Å². The van der Waals surface area contributed by atoms with Gasteiger partial charge in [-0.3, -0.25) is 19.3 Å². The van der Waals surface area contributed by atoms with E-state index in [0.717, 1.165) is 27.7 Å². The Morgan fingerprint density at radius 1 is 1.28 bits per heavy atom. The lowest BCUT2D eigenvalue weighted by atomic mass is 10.0. The maximum absolute atomic E-state index is 13.2. The van der Waals surface area contributed by atoms with Gasteiger partial charge in [-0.15, -0.1) is 35.5 Å². The second-order valence-electron chi connectivity index (χ2n) is 8.74. The maximum atomic E-state index is 13.2. The molecule has 2 atom stereocenters. The summed E-state index contributed by atoms with van der Waals surface area (Å²) in [6, 6.07) is 2.83. The molecule has 1 fully saturated rings. The fourth-order valence-corrected chi connectivity index (χ4v) is 7.99. The SMILES string of the molecule is CCON=C(C(=O)N[C@@H]1C(=O)N2C(C(=O)[O-])=C(Sc3nc(-c4cc[n+](C)cc4)cs3)CS[C@H]12)c1nsc(NC(C)=O)n1.Cl. The summed E-state index contributed by atoms with van der Waals surface area (Å²) < 4.78 is 6.57. The number of carboxylic acids is 1. The second kappa shape index (κ2) is 13.8. The van der Waals surface area contributed by atoms with E-state index in [9.17, 15) is 24.3 Å². The Kier molecular flexibility index (Phi) is 10.4. The molecule has 0 aliphatic carbocycles. The van der Waals surface area contributed by atoms with Crippen molar-refractivity contribution in [1.82, 2.24) is 24.6 Å². The Bertz CT molecular complexity index is 1630. The van der Waals surface area contributed by atoms with Crippen molar-refractivity contribution in [3.8, 4) is 11.3 Å². The standard InChI is InChI=1S/C24H22N8O6S4.ClH/c1-4-38-29-15(18-28-23(42-30-18)25-11(2)33)19(34)27-16-20(35)32-17(22(36)37)14(10-39-21(16)32)41-24-26-13(9-40-24)12-5-7-31(3)8-6-12;/h5-9,16,21H,4,10H2,1-3H3,(H2-,25,27,28,30,33,34,36,37);1H/t16-,21-;/m1./s1. The average molecular weight is 683 g/mol. The summed E-state index contributed by atoms with van der Waals surface area (Å²) in [7, 11) is 1.91. The number of β-lactam (4-membered cyclic amide) rings is 1. The number of aromatic nitrogens is 4. The van der Waals surface area contributed by atoms with Crippen molar-refractivity contribution in [2.75, 3.05) is 17.7 Å². The third kappa shape index (κ3) is 6.98. The first-order valence-corrected chi connectivity index (χ1v) is 15.8. The number of nitrogens with zero attached hydrogens (tertiary/aromatic N) is 6. The molecular weight excluding hydrogens is 660 g/mol. The minimum absolute atomic E-state index is 0. The molecule has 3 aromatic heterocycles. The van der Waals surface area contributed by atoms with E-state index < -0.39 is 29.2 Å². The van der Waals surface area contributed by atoms with Crippen LogP contribution in [0.15, 0.2) is 50.0 Å². The molecule has 5 rings (SSSR count). The lowest BCUT2D eigenvalue weighted by Crippen LogP contribution is -2.71. The van der Waals surface area contributed by atoms with Crippen LogP contribution in [0.3, 0.4) is 0 Å². The Morgan fingerprint density at radius 3 is 2.70 bits per heavy atom. The van der Waals surface area contributed by atoms with E-state index >= 15 is 0 Å². The molecule has 1 saturated heterocycles. The zero-order valence-corrected chi connectivity index (χ0v) is 26.7. The van der Waals surface area contributed by atoms with Gasteiger partial charge >= 0.3 is 0 Å². The van der Waals surface area contributed by atoms with Gasteiger partial charge in [0.25, 0.3) is 11.8 Å². The van der Waals surface area contributed by atoms with Crippen LogP contribution in [0, 0.1) is 0 Å². The van der Waals surface area contributed by atoms with Crippen molar-refractivity contribution >= 4 is 93.3 Å². The molecule has 0 bridgehead atoms. The molecule has 0 saturated carbocycles. The number of carbonyl (C=O) groups is 4. The quantitative estimate of drug-likeness (QED) is 0.133. The van der Waals surface area contributed by atoms with Gasteiger partial charge in [-0.25, -0.2) is 9.55 Å². The lowest BCUT2D eigenvalue weighted by Gasteiger charge is -2.50.